The molecule has 1 amide bonds. The van der Waals surface area contributed by atoms with Crippen molar-refractivity contribution in [1.29, 1.82) is 0 Å². The Bertz CT molecular complexity index is 945. The maximum Gasteiger partial charge on any atom is 0.220 e. The van der Waals surface area contributed by atoms with Gasteiger partial charge < -0.3 is 40.3 Å². The zero-order valence-electron chi connectivity index (χ0n) is 36.9. The topological polar surface area (TPSA) is 149 Å². The Morgan fingerprint density at radius 1 is 0.579 bits per heavy atom. The second-order valence-electron chi connectivity index (χ2n) is 16.9. The van der Waals surface area contributed by atoms with Gasteiger partial charge in [-0.3, -0.25) is 4.79 Å². The van der Waals surface area contributed by atoms with Crippen LogP contribution in [0.15, 0.2) is 24.3 Å². The second-order valence-corrected chi connectivity index (χ2v) is 16.9. The first-order chi connectivity index (χ1) is 27.8. The van der Waals surface area contributed by atoms with E-state index < -0.39 is 49.5 Å². The largest absolute Gasteiger partial charge is 0.394 e. The zero-order chi connectivity index (χ0) is 41.6. The summed E-state index contributed by atoms with van der Waals surface area (Å²) in [5, 5.41) is 54.2. The van der Waals surface area contributed by atoms with E-state index in [1.165, 1.54) is 161 Å². The van der Waals surface area contributed by atoms with E-state index in [1.54, 1.807) is 6.08 Å². The molecule has 0 spiro atoms. The van der Waals surface area contributed by atoms with Crippen LogP contribution in [0.25, 0.3) is 0 Å². The highest BCUT2D eigenvalue weighted by Gasteiger charge is 2.44. The second kappa shape index (κ2) is 38.8. The number of ether oxygens (including phenoxy) is 2. The Morgan fingerprint density at radius 3 is 1.42 bits per heavy atom. The molecule has 1 fully saturated rings. The van der Waals surface area contributed by atoms with Crippen LogP contribution in [0.4, 0.5) is 0 Å². The summed E-state index contributed by atoms with van der Waals surface area (Å²) < 4.78 is 11.2. The van der Waals surface area contributed by atoms with E-state index in [1.807, 2.05) is 6.08 Å². The summed E-state index contributed by atoms with van der Waals surface area (Å²) >= 11 is 0. The number of nitrogens with one attached hydrogen (secondary N) is 1. The normalized spacial score (nSPS) is 21.1. The van der Waals surface area contributed by atoms with Gasteiger partial charge in [-0.25, -0.2) is 0 Å². The maximum atomic E-state index is 13.0. The van der Waals surface area contributed by atoms with Crippen LogP contribution in [-0.2, 0) is 14.3 Å². The van der Waals surface area contributed by atoms with Crippen molar-refractivity contribution in [3.05, 3.63) is 24.3 Å². The molecule has 0 radical (unpaired) electrons. The van der Waals surface area contributed by atoms with Crippen LogP contribution >= 0.6 is 0 Å². The van der Waals surface area contributed by atoms with E-state index in [2.05, 4.69) is 31.3 Å². The minimum atomic E-state index is -1.56. The van der Waals surface area contributed by atoms with Gasteiger partial charge in [0.05, 0.1) is 25.4 Å². The van der Waals surface area contributed by atoms with Gasteiger partial charge in [0.1, 0.15) is 24.4 Å². The Labute approximate surface area is 349 Å². The van der Waals surface area contributed by atoms with Crippen LogP contribution in [0.1, 0.15) is 219 Å². The number of hydrogen-bond donors (Lipinski definition) is 6. The number of allylic oxidation sites excluding steroid dienone is 3. The lowest BCUT2D eigenvalue weighted by atomic mass is 9.99. The van der Waals surface area contributed by atoms with Crippen LogP contribution < -0.4 is 5.32 Å². The molecule has 1 aliphatic rings. The molecule has 0 aromatic heterocycles. The van der Waals surface area contributed by atoms with Crippen molar-refractivity contribution in [2.75, 3.05) is 13.2 Å². The van der Waals surface area contributed by atoms with E-state index in [0.29, 0.717) is 6.42 Å². The van der Waals surface area contributed by atoms with Gasteiger partial charge in [-0.05, 0) is 44.9 Å². The van der Waals surface area contributed by atoms with E-state index >= 15 is 0 Å². The lowest BCUT2D eigenvalue weighted by molar-refractivity contribution is -0.302. The van der Waals surface area contributed by atoms with Crippen LogP contribution in [0, 0.1) is 0 Å². The van der Waals surface area contributed by atoms with Crippen LogP contribution in [0.2, 0.25) is 0 Å². The number of rotatable bonds is 40. The third kappa shape index (κ3) is 29.5. The number of unbranched alkanes of at least 4 members (excludes halogenated alkanes) is 28. The molecular formula is C48H91NO8. The minimum absolute atomic E-state index is 0.177. The first-order valence-corrected chi connectivity index (χ1v) is 24.1. The van der Waals surface area contributed by atoms with Crippen molar-refractivity contribution >= 4 is 5.91 Å². The molecule has 7 atom stereocenters. The fourth-order valence-corrected chi connectivity index (χ4v) is 7.62. The van der Waals surface area contributed by atoms with E-state index in [4.69, 9.17) is 9.47 Å². The van der Waals surface area contributed by atoms with Crippen molar-refractivity contribution in [1.82, 2.24) is 5.32 Å². The van der Waals surface area contributed by atoms with Crippen LogP contribution in [-0.4, -0.2) is 87.5 Å². The predicted octanol–water partition coefficient (Wildman–Crippen LogP) is 10.3. The standard InChI is InChI=1S/C48H91NO8/c1-3-5-7-9-11-13-15-17-18-19-20-21-22-23-24-26-28-30-32-34-36-38-44(52)49-41(40-56-48-47(55)46(54)45(53)43(39-50)57-48)42(51)37-35-33-31-29-27-25-16-14-12-10-8-6-4-2/h17-18,35,37,41-43,45-48,50-51,53-55H,3-16,19-34,36,38-40H2,1-2H3,(H,49,52)/t41?,42?,43-,45+,46+,47-,48-/m1/s1. The summed E-state index contributed by atoms with van der Waals surface area (Å²) in [5.74, 6) is -0.177. The van der Waals surface area contributed by atoms with Gasteiger partial charge in [-0.15, -0.1) is 0 Å². The van der Waals surface area contributed by atoms with Gasteiger partial charge in [0.15, 0.2) is 6.29 Å². The predicted molar refractivity (Wildman–Crippen MR) is 235 cm³/mol. The zero-order valence-corrected chi connectivity index (χ0v) is 36.9. The van der Waals surface area contributed by atoms with Crippen LogP contribution in [0.5, 0.6) is 0 Å². The van der Waals surface area contributed by atoms with Gasteiger partial charge in [-0.2, -0.15) is 0 Å². The first kappa shape index (κ1) is 53.7. The summed E-state index contributed by atoms with van der Waals surface area (Å²) in [6, 6.07) is -0.801. The molecule has 0 aromatic rings. The molecule has 0 aliphatic carbocycles. The Kier molecular flexibility index (Phi) is 36.6. The van der Waals surface area contributed by atoms with E-state index in [-0.39, 0.29) is 12.5 Å². The third-order valence-electron chi connectivity index (χ3n) is 11.5. The van der Waals surface area contributed by atoms with Gasteiger partial charge in [-0.1, -0.05) is 192 Å². The summed E-state index contributed by atoms with van der Waals surface area (Å²) in [7, 11) is 0. The maximum absolute atomic E-state index is 13.0. The number of carbonyl (C=O) groups excluding carboxylic acids is 1. The molecule has 2 unspecified atom stereocenters. The van der Waals surface area contributed by atoms with E-state index in [0.717, 1.165) is 38.5 Å². The number of aliphatic hydroxyl groups excluding tert-OH is 5. The number of hydrogen-bond acceptors (Lipinski definition) is 8. The molecule has 9 nitrogen and oxygen atoms in total. The van der Waals surface area contributed by atoms with Crippen molar-refractivity contribution in [3.8, 4) is 0 Å². The summed E-state index contributed by atoms with van der Waals surface area (Å²) in [4.78, 5) is 13.0. The average Bonchev–Trinajstić information content (AvgIpc) is 3.21. The molecule has 6 N–H and O–H groups in total. The van der Waals surface area contributed by atoms with Gasteiger partial charge in [0.25, 0.3) is 0 Å². The smallest absolute Gasteiger partial charge is 0.220 e. The molecule has 9 heteroatoms. The summed E-state index contributed by atoms with van der Waals surface area (Å²) in [5.41, 5.74) is 0. The average molecular weight is 810 g/mol. The monoisotopic (exact) mass is 810 g/mol. The molecule has 1 saturated heterocycles. The van der Waals surface area contributed by atoms with Crippen molar-refractivity contribution in [2.24, 2.45) is 0 Å². The van der Waals surface area contributed by atoms with E-state index in [9.17, 15) is 30.3 Å². The first-order valence-electron chi connectivity index (χ1n) is 24.1. The molecule has 57 heavy (non-hydrogen) atoms. The lowest BCUT2D eigenvalue weighted by Gasteiger charge is -2.40. The minimum Gasteiger partial charge on any atom is -0.394 e. The number of amides is 1. The summed E-state index contributed by atoms with van der Waals surface area (Å²) in [6.07, 6.45) is 39.3. The fourth-order valence-electron chi connectivity index (χ4n) is 7.62. The number of aliphatic hydroxyl groups is 5. The lowest BCUT2D eigenvalue weighted by Crippen LogP contribution is -2.60. The molecule has 0 aromatic carbocycles. The summed E-state index contributed by atoms with van der Waals surface area (Å²) in [6.45, 7) is 3.77. The SMILES string of the molecule is CCCCCCCCC=CCCCCCCCCCCCCCC(=O)NC(CO[C@@H]1O[C@H](CO)[C@H](O)[C@H](O)[C@H]1O)C(O)C=CCCCCCCCCCCCCC. The molecule has 1 heterocycles. The molecular weight excluding hydrogens is 719 g/mol. The molecule has 0 bridgehead atoms. The Hall–Kier alpha value is -1.33. The molecule has 336 valence electrons. The highest BCUT2D eigenvalue weighted by Crippen LogP contribution is 2.23. The quantitative estimate of drug-likeness (QED) is 0.0265. The van der Waals surface area contributed by atoms with Crippen LogP contribution in [0.3, 0.4) is 0 Å². The Morgan fingerprint density at radius 2 is 0.982 bits per heavy atom. The van der Waals surface area contributed by atoms with Gasteiger partial charge in [0.2, 0.25) is 5.91 Å². The van der Waals surface area contributed by atoms with Crippen molar-refractivity contribution < 1.29 is 39.8 Å². The molecule has 0 saturated carbocycles. The molecule has 1 aliphatic heterocycles. The highest BCUT2D eigenvalue weighted by molar-refractivity contribution is 5.76. The number of carbonyl (C=O) groups is 1. The highest BCUT2D eigenvalue weighted by atomic mass is 16.7. The van der Waals surface area contributed by atoms with Gasteiger partial charge in [0, 0.05) is 6.42 Å². The van der Waals surface area contributed by atoms with Crippen molar-refractivity contribution in [2.45, 2.75) is 262 Å². The Balaban J connectivity index is 2.29. The van der Waals surface area contributed by atoms with Crippen molar-refractivity contribution in [3.63, 3.8) is 0 Å². The molecule has 1 rings (SSSR count). The third-order valence-corrected chi connectivity index (χ3v) is 11.5. The fraction of sp³-hybridized carbons (Fsp3) is 0.896. The van der Waals surface area contributed by atoms with Gasteiger partial charge >= 0.3 is 0 Å².